The molecule has 0 bridgehead atoms. The van der Waals surface area contributed by atoms with Crippen molar-refractivity contribution in [3.8, 4) is 0 Å². The molecule has 0 unspecified atom stereocenters. The summed E-state index contributed by atoms with van der Waals surface area (Å²) in [5.74, 6) is -1.45. The molecule has 1 N–H and O–H groups in total. The summed E-state index contributed by atoms with van der Waals surface area (Å²) >= 11 is 0. The van der Waals surface area contributed by atoms with E-state index in [0.29, 0.717) is 11.4 Å². The van der Waals surface area contributed by atoms with Crippen molar-refractivity contribution < 1.29 is 32.2 Å². The number of carbonyl (C=O) groups excluding carboxylic acids is 2. The van der Waals surface area contributed by atoms with Gasteiger partial charge in [0.15, 0.2) is 0 Å². The van der Waals surface area contributed by atoms with E-state index in [1.54, 1.807) is 12.1 Å². The number of hydrogen-bond acceptors (Lipinski definition) is 8. The van der Waals surface area contributed by atoms with E-state index < -0.39 is 22.0 Å². The van der Waals surface area contributed by atoms with Crippen LogP contribution < -0.4 is 9.62 Å². The van der Waals surface area contributed by atoms with E-state index in [1.165, 1.54) is 43.4 Å². The molecule has 170 valence electrons. The Morgan fingerprint density at radius 2 is 1.62 bits per heavy atom. The predicted octanol–water partition coefficient (Wildman–Crippen LogP) is 2.50. The number of nitrogens with zero attached hydrogens (tertiary/aromatic N) is 1. The maximum Gasteiger partial charge on any atom is 0.355 e. The van der Waals surface area contributed by atoms with Gasteiger partial charge in [-0.15, -0.1) is 0 Å². The van der Waals surface area contributed by atoms with Crippen molar-refractivity contribution in [3.63, 3.8) is 0 Å². The highest BCUT2D eigenvalue weighted by Gasteiger charge is 2.32. The summed E-state index contributed by atoms with van der Waals surface area (Å²) in [7, 11) is -1.43. The summed E-state index contributed by atoms with van der Waals surface area (Å²) < 4.78 is 43.1. The first-order chi connectivity index (χ1) is 15.2. The van der Waals surface area contributed by atoms with Crippen molar-refractivity contribution in [2.45, 2.75) is 18.7 Å². The second-order valence-corrected chi connectivity index (χ2v) is 8.80. The van der Waals surface area contributed by atoms with Crippen molar-refractivity contribution in [3.05, 3.63) is 64.9 Å². The third-order valence-electron chi connectivity index (χ3n) is 5.05. The molecule has 3 rings (SSSR count). The second-order valence-electron chi connectivity index (χ2n) is 7.11. The number of esters is 2. The molecule has 1 aliphatic heterocycles. The van der Waals surface area contributed by atoms with Gasteiger partial charge >= 0.3 is 11.9 Å². The molecular formula is C22H24N2O7S. The lowest BCUT2D eigenvalue weighted by atomic mass is 10.1. The number of hydrogen-bond donors (Lipinski definition) is 1. The zero-order chi connectivity index (χ0) is 23.5. The minimum Gasteiger partial charge on any atom is -0.466 e. The fraction of sp³-hybridized carbons (Fsp3) is 0.273. The third kappa shape index (κ3) is 4.76. The highest BCUT2D eigenvalue weighted by molar-refractivity contribution is 7.92. The number of aryl methyl sites for hydroxylation is 2. The topological polar surface area (TPSA) is 111 Å². The smallest absolute Gasteiger partial charge is 0.355 e. The van der Waals surface area contributed by atoms with Crippen molar-refractivity contribution in [1.29, 1.82) is 0 Å². The lowest BCUT2D eigenvalue weighted by Gasteiger charge is -2.31. The maximum atomic E-state index is 12.8. The Bertz CT molecular complexity index is 1170. The average Bonchev–Trinajstić information content (AvgIpc) is 2.79. The summed E-state index contributed by atoms with van der Waals surface area (Å²) in [5.41, 5.74) is 2.92. The Hall–Kier alpha value is -3.37. The van der Waals surface area contributed by atoms with Crippen molar-refractivity contribution in [2.75, 3.05) is 37.2 Å². The standard InChI is InChI=1S/C22H24N2O7S/c1-14-5-6-16(11-15(14)2)23-32(27,28)18-9-7-17(8-10-18)24-13-31-12-19(21(25)29-3)20(24)22(26)30-4/h5-11,23H,12-13H2,1-4H3. The van der Waals surface area contributed by atoms with Gasteiger partial charge in [-0.1, -0.05) is 6.07 Å². The fourth-order valence-electron chi connectivity index (χ4n) is 3.17. The molecule has 0 saturated heterocycles. The van der Waals surface area contributed by atoms with Gasteiger partial charge in [0.05, 0.1) is 31.3 Å². The van der Waals surface area contributed by atoms with Crippen molar-refractivity contribution >= 4 is 33.3 Å². The molecule has 0 aromatic heterocycles. The minimum atomic E-state index is -3.83. The highest BCUT2D eigenvalue weighted by atomic mass is 32.2. The molecule has 1 aliphatic rings. The van der Waals surface area contributed by atoms with Gasteiger partial charge in [0.1, 0.15) is 12.4 Å². The summed E-state index contributed by atoms with van der Waals surface area (Å²) in [6.45, 7) is 3.70. The van der Waals surface area contributed by atoms with Crippen LogP contribution in [0, 0.1) is 13.8 Å². The van der Waals surface area contributed by atoms with E-state index in [1.807, 2.05) is 19.9 Å². The van der Waals surface area contributed by atoms with Gasteiger partial charge in [-0.25, -0.2) is 18.0 Å². The third-order valence-corrected chi connectivity index (χ3v) is 6.45. The molecule has 0 atom stereocenters. The van der Waals surface area contributed by atoms with Crippen LogP contribution in [-0.2, 0) is 33.8 Å². The normalized spacial score (nSPS) is 14.2. The number of rotatable bonds is 6. The Balaban J connectivity index is 1.91. The van der Waals surface area contributed by atoms with Gasteiger partial charge in [0, 0.05) is 11.4 Å². The van der Waals surface area contributed by atoms with Gasteiger partial charge < -0.3 is 19.1 Å². The van der Waals surface area contributed by atoms with Crippen molar-refractivity contribution in [1.82, 2.24) is 0 Å². The van der Waals surface area contributed by atoms with E-state index in [2.05, 4.69) is 4.72 Å². The molecule has 0 amide bonds. The Labute approximate surface area is 186 Å². The molecule has 0 saturated carbocycles. The number of methoxy groups -OCH3 is 2. The Morgan fingerprint density at radius 3 is 2.22 bits per heavy atom. The van der Waals surface area contributed by atoms with Gasteiger partial charge in [-0.3, -0.25) is 4.72 Å². The quantitative estimate of drug-likeness (QED) is 0.655. The number of ether oxygens (including phenoxy) is 3. The fourth-order valence-corrected chi connectivity index (χ4v) is 4.22. The monoisotopic (exact) mass is 460 g/mol. The first kappa shape index (κ1) is 23.3. The van der Waals surface area contributed by atoms with E-state index in [9.17, 15) is 18.0 Å². The van der Waals surface area contributed by atoms with Gasteiger partial charge in [-0.2, -0.15) is 0 Å². The van der Waals surface area contributed by atoms with E-state index in [-0.39, 0.29) is 29.5 Å². The number of nitrogens with one attached hydrogen (secondary N) is 1. The molecule has 0 radical (unpaired) electrons. The lowest BCUT2D eigenvalue weighted by molar-refractivity contribution is -0.140. The Morgan fingerprint density at radius 1 is 0.969 bits per heavy atom. The summed E-state index contributed by atoms with van der Waals surface area (Å²) in [6.07, 6.45) is 0. The number of anilines is 2. The van der Waals surface area contributed by atoms with Gasteiger partial charge in [-0.05, 0) is 61.4 Å². The molecule has 2 aromatic carbocycles. The molecule has 0 aliphatic carbocycles. The van der Waals surface area contributed by atoms with E-state index in [4.69, 9.17) is 14.2 Å². The number of sulfonamides is 1. The van der Waals surface area contributed by atoms with E-state index in [0.717, 1.165) is 11.1 Å². The molecule has 1 heterocycles. The van der Waals surface area contributed by atoms with E-state index >= 15 is 0 Å². The summed E-state index contributed by atoms with van der Waals surface area (Å²) in [6, 6.07) is 11.1. The predicted molar refractivity (Wildman–Crippen MR) is 118 cm³/mol. The second kappa shape index (κ2) is 9.41. The minimum absolute atomic E-state index is 0.0127. The molecule has 2 aromatic rings. The van der Waals surface area contributed by atoms with Crippen LogP contribution in [0.25, 0.3) is 0 Å². The molecule has 9 nitrogen and oxygen atoms in total. The Kier molecular flexibility index (Phi) is 6.85. The summed E-state index contributed by atoms with van der Waals surface area (Å²) in [5, 5.41) is 0. The first-order valence-corrected chi connectivity index (χ1v) is 11.1. The molecule has 10 heteroatoms. The van der Waals surface area contributed by atoms with Crippen LogP contribution in [0.3, 0.4) is 0 Å². The first-order valence-electron chi connectivity index (χ1n) is 9.63. The molecule has 0 fully saturated rings. The van der Waals surface area contributed by atoms with Crippen molar-refractivity contribution in [2.24, 2.45) is 0 Å². The van der Waals surface area contributed by atoms with Crippen LogP contribution in [0.15, 0.2) is 58.6 Å². The van der Waals surface area contributed by atoms with Gasteiger partial charge in [0.2, 0.25) is 0 Å². The zero-order valence-corrected chi connectivity index (χ0v) is 19.0. The van der Waals surface area contributed by atoms with Crippen LogP contribution in [0.2, 0.25) is 0 Å². The number of benzene rings is 2. The van der Waals surface area contributed by atoms with Crippen LogP contribution in [-0.4, -0.2) is 47.9 Å². The van der Waals surface area contributed by atoms with Crippen LogP contribution in [0.4, 0.5) is 11.4 Å². The van der Waals surface area contributed by atoms with Crippen LogP contribution in [0.5, 0.6) is 0 Å². The SMILES string of the molecule is COC(=O)C1=C(C(=O)OC)N(c2ccc(S(=O)(=O)Nc3ccc(C)c(C)c3)cc2)COC1. The average molecular weight is 461 g/mol. The number of carbonyl (C=O) groups is 2. The highest BCUT2D eigenvalue weighted by Crippen LogP contribution is 2.28. The van der Waals surface area contributed by atoms with Gasteiger partial charge in [0.25, 0.3) is 10.0 Å². The molecular weight excluding hydrogens is 436 g/mol. The molecule has 32 heavy (non-hydrogen) atoms. The maximum absolute atomic E-state index is 12.8. The lowest BCUT2D eigenvalue weighted by Crippen LogP contribution is -2.38. The molecule has 0 spiro atoms. The van der Waals surface area contributed by atoms with Crippen LogP contribution in [0.1, 0.15) is 11.1 Å². The summed E-state index contributed by atoms with van der Waals surface area (Å²) in [4.78, 5) is 25.9. The van der Waals surface area contributed by atoms with Crippen LogP contribution >= 0.6 is 0 Å². The largest absolute Gasteiger partial charge is 0.466 e. The zero-order valence-electron chi connectivity index (χ0n) is 18.2.